The summed E-state index contributed by atoms with van der Waals surface area (Å²) in [6, 6.07) is 3.94. The van der Waals surface area contributed by atoms with E-state index in [1.807, 2.05) is 18.3 Å². The minimum absolute atomic E-state index is 0.920. The molecule has 0 aliphatic heterocycles. The molecule has 2 heteroatoms. The molecule has 22 heavy (non-hydrogen) atoms. The van der Waals surface area contributed by atoms with Gasteiger partial charge in [-0.2, -0.15) is 0 Å². The normalized spacial score (nSPS) is 10.2. The summed E-state index contributed by atoms with van der Waals surface area (Å²) >= 11 is 0. The molecule has 2 nitrogen and oxygen atoms in total. The molecule has 0 radical (unpaired) electrons. The number of hydrogen-bond acceptors (Lipinski definition) is 2. The first-order chi connectivity index (χ1) is 10.9. The van der Waals surface area contributed by atoms with Crippen molar-refractivity contribution in [2.45, 2.75) is 71.1 Å². The number of nitrogens with zero attached hydrogens (tertiary/aromatic N) is 1. The van der Waals surface area contributed by atoms with Crippen molar-refractivity contribution in [1.82, 2.24) is 4.98 Å². The summed E-state index contributed by atoms with van der Waals surface area (Å²) < 4.78 is 5.48. The van der Waals surface area contributed by atoms with Crippen LogP contribution in [-0.2, 0) is 4.74 Å². The Balaban J connectivity index is 1.81. The topological polar surface area (TPSA) is 22.1 Å². The molecule has 0 fully saturated rings. The smallest absolute Gasteiger partial charge is 0.0466 e. The summed E-state index contributed by atoms with van der Waals surface area (Å²) in [5.74, 6) is 6.39. The van der Waals surface area contributed by atoms with Crippen molar-refractivity contribution in [2.24, 2.45) is 0 Å². The Labute approximate surface area is 136 Å². The van der Waals surface area contributed by atoms with Crippen LogP contribution >= 0.6 is 0 Å². The molecule has 0 N–H and O–H groups in total. The molecular weight excluding hydrogens is 270 g/mol. The molecule has 0 bridgehead atoms. The van der Waals surface area contributed by atoms with Crippen molar-refractivity contribution >= 4 is 0 Å². The fourth-order valence-corrected chi connectivity index (χ4v) is 2.33. The van der Waals surface area contributed by atoms with E-state index in [9.17, 15) is 0 Å². The third kappa shape index (κ3) is 11.3. The van der Waals surface area contributed by atoms with Gasteiger partial charge in [0.05, 0.1) is 0 Å². The largest absolute Gasteiger partial charge is 0.381 e. The first kappa shape index (κ1) is 18.7. The van der Waals surface area contributed by atoms with Gasteiger partial charge in [0.2, 0.25) is 0 Å². The standard InChI is InChI=1S/C20H31NO/c1-2-17-22-18-12-10-8-6-4-3-5-7-9-11-14-20-15-13-16-21-19-20/h13,15-16,19H,2-10,12,17-18H2,1H3. The predicted octanol–water partition coefficient (Wildman–Crippen LogP) is 5.37. The fraction of sp³-hybridized carbons (Fsp3) is 0.650. The van der Waals surface area contributed by atoms with E-state index < -0.39 is 0 Å². The van der Waals surface area contributed by atoms with Crippen LogP contribution in [0.1, 0.15) is 76.7 Å². The first-order valence-corrected chi connectivity index (χ1v) is 8.90. The molecule has 1 rings (SSSR count). The molecular formula is C20H31NO. The summed E-state index contributed by atoms with van der Waals surface area (Å²) in [6.07, 6.45) is 16.3. The van der Waals surface area contributed by atoms with Crippen molar-refractivity contribution in [2.75, 3.05) is 13.2 Å². The van der Waals surface area contributed by atoms with Crippen LogP contribution in [0.3, 0.4) is 0 Å². The highest BCUT2D eigenvalue weighted by atomic mass is 16.5. The van der Waals surface area contributed by atoms with E-state index in [1.54, 1.807) is 6.20 Å². The molecule has 0 saturated heterocycles. The Kier molecular flexibility index (Phi) is 12.4. The van der Waals surface area contributed by atoms with Gasteiger partial charge in [-0.05, 0) is 31.4 Å². The lowest BCUT2D eigenvalue weighted by Crippen LogP contribution is -1.95. The Bertz CT molecular complexity index is 405. The summed E-state index contributed by atoms with van der Waals surface area (Å²) in [5, 5.41) is 0. The number of pyridine rings is 1. The number of hydrogen-bond donors (Lipinski definition) is 0. The van der Waals surface area contributed by atoms with E-state index in [0.717, 1.165) is 31.6 Å². The summed E-state index contributed by atoms with van der Waals surface area (Å²) in [7, 11) is 0. The molecule has 0 aliphatic carbocycles. The molecule has 0 aromatic carbocycles. The van der Waals surface area contributed by atoms with Gasteiger partial charge < -0.3 is 4.74 Å². The SMILES string of the molecule is CCCOCCCCCCCCCCC#Cc1cccnc1. The first-order valence-electron chi connectivity index (χ1n) is 8.90. The quantitative estimate of drug-likeness (QED) is 0.382. The van der Waals surface area contributed by atoms with Crippen LogP contribution in [0.25, 0.3) is 0 Å². The van der Waals surface area contributed by atoms with Crippen LogP contribution in [0.2, 0.25) is 0 Å². The van der Waals surface area contributed by atoms with Crippen LogP contribution in [0.15, 0.2) is 24.5 Å². The van der Waals surface area contributed by atoms with Gasteiger partial charge in [-0.1, -0.05) is 57.3 Å². The molecule has 1 aromatic rings. The van der Waals surface area contributed by atoms with Crippen molar-refractivity contribution in [3.8, 4) is 11.8 Å². The van der Waals surface area contributed by atoms with Gasteiger partial charge in [-0.15, -0.1) is 0 Å². The van der Waals surface area contributed by atoms with Gasteiger partial charge >= 0.3 is 0 Å². The van der Waals surface area contributed by atoms with Crippen LogP contribution in [0.5, 0.6) is 0 Å². The van der Waals surface area contributed by atoms with E-state index in [4.69, 9.17) is 4.74 Å². The van der Waals surface area contributed by atoms with Crippen molar-refractivity contribution in [3.05, 3.63) is 30.1 Å². The second-order valence-electron chi connectivity index (χ2n) is 5.73. The highest BCUT2D eigenvalue weighted by Crippen LogP contribution is 2.09. The molecule has 1 heterocycles. The zero-order chi connectivity index (χ0) is 15.7. The van der Waals surface area contributed by atoms with E-state index >= 15 is 0 Å². The number of aromatic nitrogens is 1. The van der Waals surface area contributed by atoms with Crippen LogP contribution in [0, 0.1) is 11.8 Å². The lowest BCUT2D eigenvalue weighted by Gasteiger charge is -2.03. The maximum Gasteiger partial charge on any atom is 0.0466 e. The van der Waals surface area contributed by atoms with Crippen molar-refractivity contribution in [3.63, 3.8) is 0 Å². The number of ether oxygens (including phenoxy) is 1. The third-order valence-corrected chi connectivity index (χ3v) is 3.58. The van der Waals surface area contributed by atoms with E-state index in [1.165, 1.54) is 51.4 Å². The molecule has 0 amide bonds. The van der Waals surface area contributed by atoms with Gasteiger partial charge in [0.15, 0.2) is 0 Å². The number of rotatable bonds is 12. The average Bonchev–Trinajstić information content (AvgIpc) is 2.56. The number of unbranched alkanes of at least 4 members (excludes halogenated alkanes) is 8. The predicted molar refractivity (Wildman–Crippen MR) is 93.8 cm³/mol. The monoisotopic (exact) mass is 301 g/mol. The highest BCUT2D eigenvalue weighted by Gasteiger charge is 1.92. The minimum Gasteiger partial charge on any atom is -0.381 e. The Morgan fingerprint density at radius 2 is 1.68 bits per heavy atom. The van der Waals surface area contributed by atoms with Gasteiger partial charge in [0, 0.05) is 37.6 Å². The van der Waals surface area contributed by atoms with Crippen molar-refractivity contribution in [1.29, 1.82) is 0 Å². The van der Waals surface area contributed by atoms with Gasteiger partial charge in [-0.3, -0.25) is 4.98 Å². The second kappa shape index (κ2) is 14.6. The van der Waals surface area contributed by atoms with Crippen LogP contribution in [0.4, 0.5) is 0 Å². The fourth-order valence-electron chi connectivity index (χ4n) is 2.33. The highest BCUT2D eigenvalue weighted by molar-refractivity contribution is 5.30. The third-order valence-electron chi connectivity index (χ3n) is 3.58. The van der Waals surface area contributed by atoms with E-state index in [2.05, 4.69) is 23.7 Å². The zero-order valence-electron chi connectivity index (χ0n) is 14.2. The summed E-state index contributed by atoms with van der Waals surface area (Å²) in [4.78, 5) is 4.06. The lowest BCUT2D eigenvalue weighted by atomic mass is 10.1. The zero-order valence-corrected chi connectivity index (χ0v) is 14.2. The summed E-state index contributed by atoms with van der Waals surface area (Å²) in [5.41, 5.74) is 1.02. The van der Waals surface area contributed by atoms with E-state index in [-0.39, 0.29) is 0 Å². The molecule has 0 aliphatic rings. The average molecular weight is 301 g/mol. The molecule has 1 aromatic heterocycles. The Hall–Kier alpha value is -1.33. The Morgan fingerprint density at radius 1 is 0.955 bits per heavy atom. The molecule has 0 saturated carbocycles. The van der Waals surface area contributed by atoms with Gasteiger partial charge in [-0.25, -0.2) is 0 Å². The lowest BCUT2D eigenvalue weighted by molar-refractivity contribution is 0.130. The van der Waals surface area contributed by atoms with Gasteiger partial charge in [0.25, 0.3) is 0 Å². The summed E-state index contributed by atoms with van der Waals surface area (Å²) in [6.45, 7) is 4.03. The van der Waals surface area contributed by atoms with Crippen LogP contribution < -0.4 is 0 Å². The van der Waals surface area contributed by atoms with Crippen LogP contribution in [-0.4, -0.2) is 18.2 Å². The molecule has 0 spiro atoms. The molecule has 0 unspecified atom stereocenters. The van der Waals surface area contributed by atoms with Crippen molar-refractivity contribution < 1.29 is 4.74 Å². The van der Waals surface area contributed by atoms with E-state index in [0.29, 0.717) is 0 Å². The maximum absolute atomic E-state index is 5.48. The molecule has 0 atom stereocenters. The Morgan fingerprint density at radius 3 is 2.36 bits per heavy atom. The minimum atomic E-state index is 0.920. The maximum atomic E-state index is 5.48. The second-order valence-corrected chi connectivity index (χ2v) is 5.73. The molecule has 122 valence electrons. The van der Waals surface area contributed by atoms with Gasteiger partial charge in [0.1, 0.15) is 0 Å².